The fraction of sp³-hybridized carbons (Fsp3) is 0.529. The van der Waals surface area contributed by atoms with Crippen molar-refractivity contribution < 1.29 is 9.53 Å². The van der Waals surface area contributed by atoms with Gasteiger partial charge in [-0.2, -0.15) is 0 Å². The zero-order valence-electron chi connectivity index (χ0n) is 13.9. The average molecular weight is 331 g/mol. The van der Waals surface area contributed by atoms with Crippen molar-refractivity contribution in [2.45, 2.75) is 6.42 Å². The van der Waals surface area contributed by atoms with Gasteiger partial charge in [-0.25, -0.2) is 9.78 Å². The molecule has 0 atom stereocenters. The Morgan fingerprint density at radius 3 is 2.71 bits per heavy atom. The second kappa shape index (κ2) is 8.65. The molecule has 0 bridgehead atoms. The van der Waals surface area contributed by atoms with Gasteiger partial charge >= 0.3 is 6.03 Å². The molecule has 0 saturated carbocycles. The van der Waals surface area contributed by atoms with Gasteiger partial charge in [-0.15, -0.1) is 0 Å². The number of hydrogen-bond acceptors (Lipinski definition) is 5. The number of morpholine rings is 1. The second-order valence-electron chi connectivity index (χ2n) is 5.97. The molecule has 1 fully saturated rings. The number of nitrogens with zero attached hydrogens (tertiary/aromatic N) is 3. The Hall–Kier alpha value is -2.12. The fourth-order valence-electron chi connectivity index (χ4n) is 2.82. The molecule has 2 amide bonds. The molecule has 1 aromatic heterocycles. The lowest BCUT2D eigenvalue weighted by Crippen LogP contribution is -2.36. The van der Waals surface area contributed by atoms with Crippen molar-refractivity contribution in [3.05, 3.63) is 30.5 Å². The highest BCUT2D eigenvalue weighted by atomic mass is 16.5. The SMILES string of the molecule is O=C(NCCCN1CC=CC1)Nc1ccc(N2CCOCC2)nc1. The van der Waals surface area contributed by atoms with Crippen LogP contribution in [0.1, 0.15) is 6.42 Å². The Kier molecular flexibility index (Phi) is 6.03. The quantitative estimate of drug-likeness (QED) is 0.607. The van der Waals surface area contributed by atoms with Gasteiger partial charge in [0, 0.05) is 39.3 Å². The Labute approximate surface area is 142 Å². The first kappa shape index (κ1) is 16.7. The lowest BCUT2D eigenvalue weighted by atomic mass is 10.3. The lowest BCUT2D eigenvalue weighted by Gasteiger charge is -2.27. The summed E-state index contributed by atoms with van der Waals surface area (Å²) in [6.45, 7) is 6.89. The first-order valence-electron chi connectivity index (χ1n) is 8.52. The smallest absolute Gasteiger partial charge is 0.319 e. The van der Waals surface area contributed by atoms with Gasteiger partial charge in [-0.1, -0.05) is 12.2 Å². The van der Waals surface area contributed by atoms with Gasteiger partial charge in [0.05, 0.1) is 25.1 Å². The predicted molar refractivity (Wildman–Crippen MR) is 94.5 cm³/mol. The first-order chi connectivity index (χ1) is 11.8. The van der Waals surface area contributed by atoms with Crippen molar-refractivity contribution in [2.24, 2.45) is 0 Å². The molecule has 130 valence electrons. The van der Waals surface area contributed by atoms with E-state index in [-0.39, 0.29) is 6.03 Å². The first-order valence-corrected chi connectivity index (χ1v) is 8.52. The molecule has 3 rings (SSSR count). The van der Waals surface area contributed by atoms with E-state index >= 15 is 0 Å². The molecule has 2 aliphatic rings. The minimum absolute atomic E-state index is 0.185. The number of urea groups is 1. The number of pyridine rings is 1. The standard InChI is InChI=1S/C17H25N5O2/c23-17(18-6-3-9-21-7-1-2-8-21)20-15-4-5-16(19-14-15)22-10-12-24-13-11-22/h1-2,4-5,14H,3,6-13H2,(H2,18,20,23). The summed E-state index contributed by atoms with van der Waals surface area (Å²) >= 11 is 0. The predicted octanol–water partition coefficient (Wildman–Crippen LogP) is 1.30. The number of rotatable bonds is 6. The molecule has 7 nitrogen and oxygen atoms in total. The molecule has 7 heteroatoms. The van der Waals surface area contributed by atoms with Crippen LogP contribution in [0.15, 0.2) is 30.5 Å². The third-order valence-corrected chi connectivity index (χ3v) is 4.17. The topological polar surface area (TPSA) is 69.7 Å². The molecule has 0 spiro atoms. The number of carbonyl (C=O) groups is 1. The van der Waals surface area contributed by atoms with Crippen molar-refractivity contribution in [2.75, 3.05) is 62.7 Å². The van der Waals surface area contributed by atoms with Crippen LogP contribution >= 0.6 is 0 Å². The maximum absolute atomic E-state index is 11.9. The minimum Gasteiger partial charge on any atom is -0.378 e. The molecule has 0 radical (unpaired) electrons. The third-order valence-electron chi connectivity index (χ3n) is 4.17. The maximum atomic E-state index is 11.9. The Bertz CT molecular complexity index is 547. The highest BCUT2D eigenvalue weighted by Gasteiger charge is 2.12. The van der Waals surface area contributed by atoms with Crippen LogP contribution in [0, 0.1) is 0 Å². The molecule has 2 aliphatic heterocycles. The van der Waals surface area contributed by atoms with Crippen LogP contribution in [-0.4, -0.2) is 68.4 Å². The van der Waals surface area contributed by atoms with Gasteiger partial charge in [0.2, 0.25) is 0 Å². The summed E-state index contributed by atoms with van der Waals surface area (Å²) < 4.78 is 5.34. The molecule has 0 unspecified atom stereocenters. The zero-order chi connectivity index (χ0) is 16.6. The number of amides is 2. The van der Waals surface area contributed by atoms with Gasteiger partial charge in [0.25, 0.3) is 0 Å². The van der Waals surface area contributed by atoms with E-state index in [0.717, 1.165) is 58.2 Å². The van der Waals surface area contributed by atoms with E-state index in [1.165, 1.54) is 0 Å². The summed E-state index contributed by atoms with van der Waals surface area (Å²) in [5, 5.41) is 5.70. The van der Waals surface area contributed by atoms with Crippen molar-refractivity contribution in [1.29, 1.82) is 0 Å². The van der Waals surface area contributed by atoms with Gasteiger partial charge in [0.15, 0.2) is 0 Å². The highest BCUT2D eigenvalue weighted by Crippen LogP contribution is 2.15. The van der Waals surface area contributed by atoms with E-state index in [4.69, 9.17) is 4.74 Å². The molecule has 0 aromatic carbocycles. The number of aromatic nitrogens is 1. The maximum Gasteiger partial charge on any atom is 0.319 e. The zero-order valence-corrected chi connectivity index (χ0v) is 13.9. The summed E-state index contributed by atoms with van der Waals surface area (Å²) in [4.78, 5) is 20.8. The summed E-state index contributed by atoms with van der Waals surface area (Å²) in [6.07, 6.45) is 6.99. The summed E-state index contributed by atoms with van der Waals surface area (Å²) in [6, 6.07) is 3.63. The molecular formula is C17H25N5O2. The normalized spacial score (nSPS) is 17.9. The molecule has 24 heavy (non-hydrogen) atoms. The van der Waals surface area contributed by atoms with Crippen molar-refractivity contribution >= 4 is 17.5 Å². The second-order valence-corrected chi connectivity index (χ2v) is 5.97. The average Bonchev–Trinajstić information content (AvgIpc) is 3.14. The van der Waals surface area contributed by atoms with Crippen LogP contribution in [0.3, 0.4) is 0 Å². The molecular weight excluding hydrogens is 306 g/mol. The van der Waals surface area contributed by atoms with Gasteiger partial charge < -0.3 is 20.3 Å². The van der Waals surface area contributed by atoms with Crippen LogP contribution in [0.2, 0.25) is 0 Å². The number of nitrogens with one attached hydrogen (secondary N) is 2. The largest absolute Gasteiger partial charge is 0.378 e. The van der Waals surface area contributed by atoms with Crippen LogP contribution in [0.4, 0.5) is 16.3 Å². The van der Waals surface area contributed by atoms with Crippen LogP contribution in [0.25, 0.3) is 0 Å². The Morgan fingerprint density at radius 2 is 2.00 bits per heavy atom. The van der Waals surface area contributed by atoms with Gasteiger partial charge in [-0.3, -0.25) is 4.90 Å². The van der Waals surface area contributed by atoms with Crippen LogP contribution in [-0.2, 0) is 4.74 Å². The Morgan fingerprint density at radius 1 is 1.21 bits per heavy atom. The van der Waals surface area contributed by atoms with Gasteiger partial charge in [0.1, 0.15) is 5.82 Å². The van der Waals surface area contributed by atoms with E-state index in [9.17, 15) is 4.79 Å². The minimum atomic E-state index is -0.185. The summed E-state index contributed by atoms with van der Waals surface area (Å²) in [5.41, 5.74) is 0.702. The molecule has 1 aromatic rings. The van der Waals surface area contributed by atoms with E-state index in [2.05, 4.69) is 37.6 Å². The Balaban J connectivity index is 1.36. The van der Waals surface area contributed by atoms with E-state index in [0.29, 0.717) is 12.2 Å². The van der Waals surface area contributed by atoms with Crippen molar-refractivity contribution in [3.8, 4) is 0 Å². The number of carbonyl (C=O) groups excluding carboxylic acids is 1. The molecule has 3 heterocycles. The van der Waals surface area contributed by atoms with E-state index in [1.807, 2.05) is 12.1 Å². The van der Waals surface area contributed by atoms with Crippen molar-refractivity contribution in [3.63, 3.8) is 0 Å². The third kappa shape index (κ3) is 4.94. The van der Waals surface area contributed by atoms with E-state index < -0.39 is 0 Å². The highest BCUT2D eigenvalue weighted by molar-refractivity contribution is 5.89. The monoisotopic (exact) mass is 331 g/mol. The van der Waals surface area contributed by atoms with Gasteiger partial charge in [-0.05, 0) is 18.6 Å². The van der Waals surface area contributed by atoms with E-state index in [1.54, 1.807) is 6.20 Å². The summed E-state index contributed by atoms with van der Waals surface area (Å²) in [5.74, 6) is 0.920. The lowest BCUT2D eigenvalue weighted by molar-refractivity contribution is 0.122. The molecule has 2 N–H and O–H groups in total. The fourth-order valence-corrected chi connectivity index (χ4v) is 2.82. The molecule has 1 saturated heterocycles. The van der Waals surface area contributed by atoms with Crippen LogP contribution in [0.5, 0.6) is 0 Å². The van der Waals surface area contributed by atoms with Crippen LogP contribution < -0.4 is 15.5 Å². The summed E-state index contributed by atoms with van der Waals surface area (Å²) in [7, 11) is 0. The number of hydrogen-bond donors (Lipinski definition) is 2. The number of ether oxygens (including phenoxy) is 1. The van der Waals surface area contributed by atoms with Crippen molar-refractivity contribution in [1.82, 2.24) is 15.2 Å². The number of anilines is 2. The molecule has 0 aliphatic carbocycles.